The van der Waals surface area contributed by atoms with Crippen LogP contribution < -0.4 is 0 Å². The number of nitrogens with zero attached hydrogens (tertiary/aromatic N) is 3. The normalized spacial score (nSPS) is 13.0. The molecule has 2 aliphatic carbocycles. The molecule has 0 bridgehead atoms. The summed E-state index contributed by atoms with van der Waals surface area (Å²) in [7, 11) is 0. The summed E-state index contributed by atoms with van der Waals surface area (Å²) in [6, 6.07) is 79.5. The minimum Gasteiger partial charge on any atom is -0.456 e. The molecular formula is C64H37N3O2. The Labute approximate surface area is 396 Å². The summed E-state index contributed by atoms with van der Waals surface area (Å²) in [6.45, 7) is 0. The Bertz CT molecular complexity index is 4110. The number of rotatable bonds is 5. The molecule has 5 nitrogen and oxygen atoms in total. The van der Waals surface area contributed by atoms with Crippen molar-refractivity contribution >= 4 is 43.9 Å². The summed E-state index contributed by atoms with van der Waals surface area (Å²) in [4.78, 5) is 15.8. The third-order valence-corrected chi connectivity index (χ3v) is 14.5. The summed E-state index contributed by atoms with van der Waals surface area (Å²) in [5, 5.41) is 4.30. The van der Waals surface area contributed by atoms with Crippen molar-refractivity contribution in [3.8, 4) is 78.7 Å². The molecule has 0 radical (unpaired) electrons. The maximum Gasteiger partial charge on any atom is 0.164 e. The van der Waals surface area contributed by atoms with Gasteiger partial charge in [0, 0.05) is 38.2 Å². The van der Waals surface area contributed by atoms with E-state index in [1.54, 1.807) is 0 Å². The number of aromatic nitrogens is 3. The van der Waals surface area contributed by atoms with E-state index in [4.69, 9.17) is 23.8 Å². The van der Waals surface area contributed by atoms with Crippen molar-refractivity contribution in [2.75, 3.05) is 0 Å². The molecular weight excluding hydrogens is 843 g/mol. The number of fused-ring (bicyclic) bond motifs is 17. The first-order valence-corrected chi connectivity index (χ1v) is 23.4. The fourth-order valence-corrected chi connectivity index (χ4v) is 11.6. The van der Waals surface area contributed by atoms with Gasteiger partial charge in [-0.25, -0.2) is 15.0 Å². The monoisotopic (exact) mass is 879 g/mol. The highest BCUT2D eigenvalue weighted by Crippen LogP contribution is 2.65. The van der Waals surface area contributed by atoms with Crippen LogP contribution in [0.5, 0.6) is 0 Å². The van der Waals surface area contributed by atoms with E-state index in [1.807, 2.05) is 18.2 Å². The second-order valence-corrected chi connectivity index (χ2v) is 18.2. The number of para-hydroxylation sites is 1. The molecule has 5 heteroatoms. The van der Waals surface area contributed by atoms with E-state index in [-0.39, 0.29) is 0 Å². The van der Waals surface area contributed by atoms with Crippen LogP contribution in [0.25, 0.3) is 123 Å². The van der Waals surface area contributed by atoms with E-state index in [0.717, 1.165) is 82.8 Å². The molecule has 2 aliphatic rings. The Balaban J connectivity index is 0.988. The van der Waals surface area contributed by atoms with E-state index in [9.17, 15) is 0 Å². The molecule has 10 aromatic carbocycles. The lowest BCUT2D eigenvalue weighted by Gasteiger charge is -2.31. The second-order valence-electron chi connectivity index (χ2n) is 18.2. The van der Waals surface area contributed by atoms with Crippen LogP contribution in [0, 0.1) is 0 Å². The summed E-state index contributed by atoms with van der Waals surface area (Å²) in [5.74, 6) is 1.78. The average Bonchev–Trinajstić information content (AvgIpc) is 4.15. The molecule has 0 fully saturated rings. The minimum atomic E-state index is -0.654. The van der Waals surface area contributed by atoms with Gasteiger partial charge < -0.3 is 8.83 Å². The fraction of sp³-hybridized carbons (Fsp3) is 0.0156. The molecule has 0 atom stereocenters. The Kier molecular flexibility index (Phi) is 7.93. The number of benzene rings is 10. The molecule has 0 unspecified atom stereocenters. The quantitative estimate of drug-likeness (QED) is 0.172. The van der Waals surface area contributed by atoms with Crippen LogP contribution in [0.1, 0.15) is 22.3 Å². The lowest BCUT2D eigenvalue weighted by molar-refractivity contribution is 0.666. The van der Waals surface area contributed by atoms with Gasteiger partial charge >= 0.3 is 0 Å². The van der Waals surface area contributed by atoms with Gasteiger partial charge in [0.25, 0.3) is 0 Å². The van der Waals surface area contributed by atoms with Gasteiger partial charge in [-0.2, -0.15) is 0 Å². The molecule has 320 valence electrons. The van der Waals surface area contributed by atoms with Gasteiger partial charge in [0.1, 0.15) is 22.3 Å². The van der Waals surface area contributed by atoms with Crippen LogP contribution in [0.3, 0.4) is 0 Å². The maximum atomic E-state index is 6.89. The fourth-order valence-electron chi connectivity index (χ4n) is 11.6. The summed E-state index contributed by atoms with van der Waals surface area (Å²) in [5.41, 5.74) is 19.7. The minimum absolute atomic E-state index is 0.579. The lowest BCUT2D eigenvalue weighted by Crippen LogP contribution is -2.26. The molecule has 3 aromatic heterocycles. The van der Waals surface area contributed by atoms with Crippen LogP contribution in [0.2, 0.25) is 0 Å². The molecule has 0 aliphatic heterocycles. The molecule has 1 spiro atoms. The molecule has 0 amide bonds. The Morgan fingerprint density at radius 2 is 0.783 bits per heavy atom. The van der Waals surface area contributed by atoms with Gasteiger partial charge in [0.05, 0.1) is 5.41 Å². The van der Waals surface area contributed by atoms with Crippen molar-refractivity contribution in [3.05, 3.63) is 247 Å². The van der Waals surface area contributed by atoms with Gasteiger partial charge in [-0.3, -0.25) is 0 Å². The Hall–Kier alpha value is -9.19. The molecule has 69 heavy (non-hydrogen) atoms. The van der Waals surface area contributed by atoms with Crippen molar-refractivity contribution in [1.82, 2.24) is 15.0 Å². The highest BCUT2D eigenvalue weighted by atomic mass is 16.3. The maximum absolute atomic E-state index is 6.89. The van der Waals surface area contributed by atoms with E-state index < -0.39 is 5.41 Å². The van der Waals surface area contributed by atoms with Gasteiger partial charge in [-0.1, -0.05) is 170 Å². The molecule has 0 saturated heterocycles. The van der Waals surface area contributed by atoms with Gasteiger partial charge in [-0.15, -0.1) is 0 Å². The number of hydrogen-bond donors (Lipinski definition) is 0. The van der Waals surface area contributed by atoms with Crippen molar-refractivity contribution in [2.45, 2.75) is 5.41 Å². The lowest BCUT2D eigenvalue weighted by atomic mass is 9.69. The third-order valence-electron chi connectivity index (χ3n) is 14.5. The number of hydrogen-bond acceptors (Lipinski definition) is 5. The zero-order valence-corrected chi connectivity index (χ0v) is 37.0. The van der Waals surface area contributed by atoms with Crippen LogP contribution in [-0.2, 0) is 5.41 Å². The third kappa shape index (κ3) is 5.50. The van der Waals surface area contributed by atoms with Crippen LogP contribution in [0.4, 0.5) is 0 Å². The smallest absolute Gasteiger partial charge is 0.164 e. The summed E-state index contributed by atoms with van der Waals surface area (Å²) in [6.07, 6.45) is 0. The second kappa shape index (κ2) is 14.4. The van der Waals surface area contributed by atoms with Crippen molar-refractivity contribution in [1.29, 1.82) is 0 Å². The molecule has 15 rings (SSSR count). The molecule has 3 heterocycles. The van der Waals surface area contributed by atoms with Crippen LogP contribution in [-0.4, -0.2) is 15.0 Å². The first kappa shape index (κ1) is 38.0. The van der Waals surface area contributed by atoms with E-state index >= 15 is 0 Å². The zero-order valence-electron chi connectivity index (χ0n) is 37.0. The predicted octanol–water partition coefficient (Wildman–Crippen LogP) is 16.3. The van der Waals surface area contributed by atoms with Gasteiger partial charge in [0.15, 0.2) is 17.5 Å². The van der Waals surface area contributed by atoms with Crippen molar-refractivity contribution < 1.29 is 8.83 Å². The van der Waals surface area contributed by atoms with Gasteiger partial charge in [0.2, 0.25) is 0 Å². The molecule has 0 N–H and O–H groups in total. The largest absolute Gasteiger partial charge is 0.456 e. The zero-order chi connectivity index (χ0) is 45.2. The Morgan fingerprint density at radius 3 is 1.43 bits per heavy atom. The van der Waals surface area contributed by atoms with Crippen LogP contribution >= 0.6 is 0 Å². The van der Waals surface area contributed by atoms with E-state index in [1.165, 1.54) is 44.5 Å². The summed E-state index contributed by atoms with van der Waals surface area (Å²) >= 11 is 0. The highest BCUT2D eigenvalue weighted by Gasteiger charge is 2.53. The van der Waals surface area contributed by atoms with Crippen molar-refractivity contribution in [3.63, 3.8) is 0 Å². The highest BCUT2D eigenvalue weighted by molar-refractivity contribution is 6.16. The van der Waals surface area contributed by atoms with Crippen molar-refractivity contribution in [2.24, 2.45) is 0 Å². The predicted molar refractivity (Wildman–Crippen MR) is 278 cm³/mol. The van der Waals surface area contributed by atoms with E-state index in [0.29, 0.717) is 17.5 Å². The topological polar surface area (TPSA) is 65.0 Å². The molecule has 0 saturated carbocycles. The SMILES string of the molecule is c1ccc(-c2cccc(-c3nc(-c4cccc(-c5ccccc5)c4)nc(-c4ccc5oc6ccc7c(c6c5c4)C4(c5ccccc5-c5ccccc54)c4cc5oc6ccccc6c5cc4-7)n3)c2)cc1. The summed E-state index contributed by atoms with van der Waals surface area (Å²) < 4.78 is 13.6. The van der Waals surface area contributed by atoms with E-state index in [2.05, 4.69) is 206 Å². The standard InChI is InChI=1S/C64H37N3O2/c1-3-15-38(16-4-1)40-19-13-21-42(33-40)61-65-62(43-22-14-20-41(34-43)39-17-5-2-6-18-39)67-63(66-61)44-29-31-56-51(35-44)59-57(68-56)32-30-48-49-36-50-47-25-9-12-28-55(47)69-58(50)37-54(49)64(60(48)59)52-26-10-7-23-45(52)46-24-8-11-27-53(46)64/h1-37H. The first-order chi connectivity index (χ1) is 34.2. The first-order valence-electron chi connectivity index (χ1n) is 23.4. The number of furan rings is 2. The van der Waals surface area contributed by atoms with Gasteiger partial charge in [-0.05, 0) is 121 Å². The molecule has 13 aromatic rings. The average molecular weight is 880 g/mol. The Morgan fingerprint density at radius 1 is 0.275 bits per heavy atom. The van der Waals surface area contributed by atoms with Crippen LogP contribution in [0.15, 0.2) is 233 Å².